The SMILES string of the molecule is Cc1ccccc1[C@@H]1COCCN1C1CC2(CCN(c3ccc(C(=O)NS(=O)(=O)c4cc5c(c([N+](=O)[O-])c4)N[C@H](C4(F)CCC(C)(O)CC4)CO5)c(N4c5cc6cc[nH]c6nc5O[C@H]5COCC[C@@H]54)c3)CC2)C1. The molecule has 4 N–H and O–H groups in total. The second kappa shape index (κ2) is 18.1. The van der Waals surface area contributed by atoms with Crippen molar-refractivity contribution in [3.8, 4) is 11.6 Å². The van der Waals surface area contributed by atoms with Crippen LogP contribution in [-0.2, 0) is 19.5 Å². The fourth-order valence-corrected chi connectivity index (χ4v) is 13.8. The molecular weight excluding hydrogens is 960 g/mol. The average molecular weight is 1020 g/mol. The summed E-state index contributed by atoms with van der Waals surface area (Å²) >= 11 is 0. The minimum atomic E-state index is -4.80. The van der Waals surface area contributed by atoms with Crippen LogP contribution in [-0.4, -0.2) is 127 Å². The number of aromatic amines is 1. The predicted octanol–water partition coefficient (Wildman–Crippen LogP) is 7.61. The molecule has 73 heavy (non-hydrogen) atoms. The van der Waals surface area contributed by atoms with Crippen LogP contribution in [0, 0.1) is 22.5 Å². The number of piperidine rings is 1. The first kappa shape index (κ1) is 47.9. The number of carbonyl (C=O) groups is 1. The van der Waals surface area contributed by atoms with Crippen molar-refractivity contribution in [1.82, 2.24) is 19.6 Å². The maximum Gasteiger partial charge on any atom is 0.297 e. The number of fused-ring (bicyclic) bond motifs is 4. The van der Waals surface area contributed by atoms with Crippen LogP contribution < -0.4 is 29.3 Å². The number of nitrogens with one attached hydrogen (secondary N) is 3. The highest BCUT2D eigenvalue weighted by Gasteiger charge is 2.51. The topological polar surface area (TPSA) is 214 Å². The van der Waals surface area contributed by atoms with Crippen molar-refractivity contribution < 1.29 is 46.6 Å². The molecule has 5 fully saturated rings. The van der Waals surface area contributed by atoms with E-state index in [1.165, 1.54) is 11.1 Å². The van der Waals surface area contributed by atoms with Crippen molar-refractivity contribution in [2.75, 3.05) is 67.8 Å². The molecule has 18 nitrogen and oxygen atoms in total. The van der Waals surface area contributed by atoms with Gasteiger partial charge in [-0.2, -0.15) is 4.98 Å². The summed E-state index contributed by atoms with van der Waals surface area (Å²) in [5, 5.41) is 26.8. The average Bonchev–Trinajstić information content (AvgIpc) is 3.84. The van der Waals surface area contributed by atoms with Crippen LogP contribution in [0.15, 0.2) is 77.8 Å². The Balaban J connectivity index is 0.838. The van der Waals surface area contributed by atoms with Crippen LogP contribution in [0.1, 0.15) is 92.2 Å². The van der Waals surface area contributed by atoms with Crippen LogP contribution >= 0.6 is 0 Å². The number of H-pyrrole nitrogens is 1. The Morgan fingerprint density at radius 1 is 0.945 bits per heavy atom. The van der Waals surface area contributed by atoms with Crippen molar-refractivity contribution in [3.63, 3.8) is 0 Å². The largest absolute Gasteiger partial charge is 0.489 e. The Hall–Kier alpha value is -6.06. The Bertz CT molecular complexity index is 3090. The molecule has 7 heterocycles. The van der Waals surface area contributed by atoms with E-state index in [2.05, 4.69) is 56.0 Å². The summed E-state index contributed by atoms with van der Waals surface area (Å²) in [7, 11) is -4.80. The van der Waals surface area contributed by atoms with Gasteiger partial charge in [0.25, 0.3) is 21.6 Å². The molecule has 2 saturated carbocycles. The molecular formula is C53H61FN8O10S. The Morgan fingerprint density at radius 3 is 2.51 bits per heavy atom. The number of halogens is 1. The smallest absolute Gasteiger partial charge is 0.297 e. The van der Waals surface area contributed by atoms with Crippen LogP contribution in [0.4, 0.5) is 32.8 Å². The number of aromatic nitrogens is 2. The summed E-state index contributed by atoms with van der Waals surface area (Å²) in [5.74, 6) is -0.782. The van der Waals surface area contributed by atoms with Gasteiger partial charge in [-0.3, -0.25) is 19.8 Å². The van der Waals surface area contributed by atoms with Crippen LogP contribution in [0.25, 0.3) is 11.0 Å². The number of aliphatic hydroxyl groups is 1. The summed E-state index contributed by atoms with van der Waals surface area (Å²) in [6, 6.07) is 19.3. The Labute approximate surface area is 422 Å². The third-order valence-corrected chi connectivity index (χ3v) is 18.4. The number of nitro benzene ring substituents is 1. The molecule has 0 unspecified atom stereocenters. The van der Waals surface area contributed by atoms with Crippen molar-refractivity contribution in [3.05, 3.63) is 99.7 Å². The second-order valence-electron chi connectivity index (χ2n) is 21.7. The molecule has 1 spiro atoms. The van der Waals surface area contributed by atoms with Gasteiger partial charge >= 0.3 is 0 Å². The maximum atomic E-state index is 16.3. The van der Waals surface area contributed by atoms with Gasteiger partial charge in [0.15, 0.2) is 11.4 Å². The van der Waals surface area contributed by atoms with E-state index in [1.54, 1.807) is 19.2 Å². The van der Waals surface area contributed by atoms with Crippen molar-refractivity contribution in [2.24, 2.45) is 5.41 Å². The molecule has 20 heteroatoms. The molecule has 7 aliphatic rings. The number of hydrogen-bond donors (Lipinski definition) is 4. The van der Waals surface area contributed by atoms with Crippen molar-refractivity contribution >= 4 is 55.4 Å². The zero-order valence-electron chi connectivity index (χ0n) is 41.0. The molecule has 1 amide bonds. The molecule has 386 valence electrons. The molecule has 2 aliphatic carbocycles. The number of anilines is 4. The number of nitro groups is 1. The molecule has 3 aromatic carbocycles. The van der Waals surface area contributed by atoms with E-state index in [4.69, 9.17) is 23.9 Å². The first-order valence-corrected chi connectivity index (χ1v) is 27.0. The number of alkyl halides is 1. The minimum absolute atomic E-state index is 0.00860. The Kier molecular flexibility index (Phi) is 11.9. The molecule has 4 atom stereocenters. The van der Waals surface area contributed by atoms with E-state index < -0.39 is 54.9 Å². The molecule has 2 aromatic heterocycles. The van der Waals surface area contributed by atoms with E-state index in [-0.39, 0.29) is 73.4 Å². The number of sulfonamides is 1. The number of hydrogen-bond acceptors (Lipinski definition) is 15. The lowest BCUT2D eigenvalue weighted by Gasteiger charge is -2.57. The molecule has 0 radical (unpaired) electrons. The van der Waals surface area contributed by atoms with Crippen molar-refractivity contribution in [1.29, 1.82) is 0 Å². The van der Waals surface area contributed by atoms with E-state index in [0.717, 1.165) is 75.1 Å². The normalized spacial score (nSPS) is 28.2. The van der Waals surface area contributed by atoms with Gasteiger partial charge in [0, 0.05) is 61.7 Å². The maximum absolute atomic E-state index is 16.3. The standard InChI is InChI=1S/C53H61FN8O10S/c1-32-5-3-4-6-37(32)43-29-70-22-20-60(43)35-27-52(28-35)15-18-59(19-16-52)34-7-8-38(40(24-34)61-39-10-21-69-30-45(39)72-50-42(61)23-33-9-17-55-48(33)57-50)49(63)58-73(67,68)36-25-41(62(65)66)47-44(26-36)71-31-46(56-47)53(54)13-11-51(2,64)12-14-53/h3-9,17,23-26,35,39,43,45-46,56,64H,10-16,18-22,27-31H2,1-2H3,(H,55,57)(H,58,63)/t39-,43-,45-,46-,51?,53?/m0/s1. The highest BCUT2D eigenvalue weighted by molar-refractivity contribution is 7.90. The number of nitrogens with zero attached hydrogens (tertiary/aromatic N) is 5. The number of aryl methyl sites for hydroxylation is 1. The number of amides is 1. The summed E-state index contributed by atoms with van der Waals surface area (Å²) < 4.78 is 71.6. The third kappa shape index (κ3) is 8.71. The van der Waals surface area contributed by atoms with Crippen LogP contribution in [0.5, 0.6) is 11.6 Å². The van der Waals surface area contributed by atoms with Gasteiger partial charge in [0.1, 0.15) is 29.7 Å². The number of morpholine rings is 1. The number of ether oxygens (including phenoxy) is 4. The van der Waals surface area contributed by atoms with Gasteiger partial charge in [-0.15, -0.1) is 0 Å². The van der Waals surface area contributed by atoms with E-state index in [0.29, 0.717) is 48.6 Å². The summed E-state index contributed by atoms with van der Waals surface area (Å²) in [6.07, 6.45) is 6.53. The molecule has 5 aromatic rings. The van der Waals surface area contributed by atoms with E-state index in [1.807, 2.05) is 29.2 Å². The highest BCUT2D eigenvalue weighted by atomic mass is 32.2. The van der Waals surface area contributed by atoms with E-state index >= 15 is 4.39 Å². The summed E-state index contributed by atoms with van der Waals surface area (Å²) in [5.41, 5.74) is 1.77. The predicted molar refractivity (Wildman–Crippen MR) is 270 cm³/mol. The van der Waals surface area contributed by atoms with Crippen LogP contribution in [0.3, 0.4) is 0 Å². The quantitative estimate of drug-likeness (QED) is 0.0826. The fraction of sp³-hybridized carbons (Fsp3) is 0.509. The lowest BCUT2D eigenvalue weighted by atomic mass is 9.59. The third-order valence-electron chi connectivity index (χ3n) is 17.1. The molecule has 5 aliphatic heterocycles. The lowest BCUT2D eigenvalue weighted by Crippen LogP contribution is -2.58. The minimum Gasteiger partial charge on any atom is -0.489 e. The lowest BCUT2D eigenvalue weighted by molar-refractivity contribution is -0.384. The fourth-order valence-electron chi connectivity index (χ4n) is 12.8. The van der Waals surface area contributed by atoms with Crippen molar-refractivity contribution in [2.45, 2.75) is 118 Å². The second-order valence-corrected chi connectivity index (χ2v) is 23.4. The van der Waals surface area contributed by atoms with Gasteiger partial charge in [-0.1, -0.05) is 24.3 Å². The van der Waals surface area contributed by atoms with Gasteiger partial charge in [-0.25, -0.2) is 17.5 Å². The number of rotatable bonds is 9. The first-order valence-electron chi connectivity index (χ1n) is 25.6. The van der Waals surface area contributed by atoms with Gasteiger partial charge in [0.05, 0.1) is 64.6 Å². The number of benzene rings is 3. The monoisotopic (exact) mass is 1020 g/mol. The van der Waals surface area contributed by atoms with E-state index in [9.17, 15) is 28.4 Å². The zero-order valence-corrected chi connectivity index (χ0v) is 41.8. The summed E-state index contributed by atoms with van der Waals surface area (Å²) in [4.78, 5) is 41.1. The highest BCUT2D eigenvalue weighted by Crippen LogP contribution is 2.54. The molecule has 12 rings (SSSR count). The van der Waals surface area contributed by atoms with Gasteiger partial charge in [0.2, 0.25) is 5.88 Å². The number of carbonyl (C=O) groups excluding carboxylic acids is 1. The number of pyridine rings is 1. The van der Waals surface area contributed by atoms with Gasteiger partial charge < -0.3 is 44.2 Å². The first-order chi connectivity index (χ1) is 35.1. The zero-order chi connectivity index (χ0) is 50.4. The van der Waals surface area contributed by atoms with Crippen LogP contribution in [0.2, 0.25) is 0 Å². The Morgan fingerprint density at radius 2 is 1.73 bits per heavy atom. The summed E-state index contributed by atoms with van der Waals surface area (Å²) in [6.45, 7) is 8.22. The molecule has 3 saturated heterocycles. The molecule has 0 bridgehead atoms. The van der Waals surface area contributed by atoms with Gasteiger partial charge in [-0.05, 0) is 119 Å².